The van der Waals surface area contributed by atoms with E-state index in [-0.39, 0.29) is 5.70 Å². The molecule has 0 aromatic heterocycles. The van der Waals surface area contributed by atoms with Crippen molar-refractivity contribution in [1.29, 1.82) is 0 Å². The number of rotatable bonds is 4. The number of carbonyl (C=O) groups excluding carboxylic acids is 3. The molecular weight excluding hydrogens is 391 g/mol. The molecule has 16 heteroatoms. The Morgan fingerprint density at radius 1 is 0.667 bits per heavy atom. The van der Waals surface area contributed by atoms with E-state index >= 15 is 0 Å². The van der Waals surface area contributed by atoms with E-state index in [2.05, 4.69) is 19.9 Å². The van der Waals surface area contributed by atoms with Gasteiger partial charge in [-0.3, -0.25) is 0 Å². The molecule has 0 N–H and O–H groups in total. The molecule has 138 valence electrons. The van der Waals surface area contributed by atoms with Gasteiger partial charge in [0, 0.05) is 5.70 Å². The van der Waals surface area contributed by atoms with Crippen molar-refractivity contribution in [1.82, 2.24) is 0 Å². The van der Waals surface area contributed by atoms with Gasteiger partial charge in [0.25, 0.3) is 0 Å². The first kappa shape index (κ1) is 21.7. The van der Waals surface area contributed by atoms with E-state index in [4.69, 9.17) is 0 Å². The Labute approximate surface area is 126 Å². The van der Waals surface area contributed by atoms with Crippen LogP contribution < -0.4 is 0 Å². The van der Waals surface area contributed by atoms with Crippen LogP contribution in [0.5, 0.6) is 0 Å². The van der Waals surface area contributed by atoms with Gasteiger partial charge in [0.15, 0.2) is 0 Å². The van der Waals surface area contributed by atoms with Gasteiger partial charge in [-0.2, -0.15) is 39.5 Å². The monoisotopic (exact) mass is 394 g/mol. The molecule has 6 nitrogen and oxygen atoms in total. The molecule has 0 radical (unpaired) electrons. The van der Waals surface area contributed by atoms with Crippen LogP contribution in [-0.2, 0) is 27.7 Å². The average molecular weight is 394 g/mol. The van der Waals surface area contributed by atoms with Crippen LogP contribution in [0, 0.1) is 0 Å². The van der Waals surface area contributed by atoms with Gasteiger partial charge >= 0.3 is 45.2 Å². The van der Waals surface area contributed by atoms with Crippen molar-refractivity contribution >= 4 is 26.7 Å². The maximum atomic E-state index is 12.0. The molecule has 0 unspecified atom stereocenters. The summed E-state index contributed by atoms with van der Waals surface area (Å²) in [5, 5.41) is 0. The van der Waals surface area contributed by atoms with E-state index in [1.165, 1.54) is 0 Å². The molecule has 0 aliphatic rings. The first-order chi connectivity index (χ1) is 10.4. The van der Waals surface area contributed by atoms with Crippen molar-refractivity contribution in [3.05, 3.63) is 12.3 Å². The van der Waals surface area contributed by atoms with Gasteiger partial charge in [-0.15, -0.1) is 0 Å². The minimum Gasteiger partial charge on any atom is -0.445 e. The second kappa shape index (κ2) is 6.69. The van der Waals surface area contributed by atoms with Crippen molar-refractivity contribution in [3.8, 4) is 0 Å². The molecule has 0 heterocycles. The second-order valence-corrected chi connectivity index (χ2v) is 5.70. The topological polar surface area (TPSA) is 78.9 Å². The molecule has 0 saturated carbocycles. The van der Waals surface area contributed by atoms with Crippen LogP contribution in [0.4, 0.5) is 39.5 Å². The third-order valence-corrected chi connectivity index (χ3v) is 3.56. The fourth-order valence-corrected chi connectivity index (χ4v) is 2.25. The molecule has 0 aliphatic carbocycles. The van der Waals surface area contributed by atoms with Gasteiger partial charge in [0.2, 0.25) is 0 Å². The molecular formula is C8H3F9O6Si. The van der Waals surface area contributed by atoms with Gasteiger partial charge in [0.05, 0.1) is 0 Å². The van der Waals surface area contributed by atoms with Crippen LogP contribution >= 0.6 is 0 Å². The van der Waals surface area contributed by atoms with Crippen LogP contribution in [0.1, 0.15) is 0 Å². The summed E-state index contributed by atoms with van der Waals surface area (Å²) >= 11 is 0. The normalized spacial score (nSPS) is 13.0. The van der Waals surface area contributed by atoms with Gasteiger partial charge < -0.3 is 13.3 Å². The molecule has 24 heavy (non-hydrogen) atoms. The van der Waals surface area contributed by atoms with Crippen molar-refractivity contribution in [2.45, 2.75) is 18.5 Å². The summed E-state index contributed by atoms with van der Waals surface area (Å²) in [7, 11) is -6.23. The number of carbonyl (C=O) groups is 3. The SMILES string of the molecule is C=C[Si](OC(=O)C(F)(F)F)(OC(=O)C(F)(F)F)OC(=O)C(F)(F)F. The summed E-state index contributed by atoms with van der Waals surface area (Å²) in [4.78, 5) is 31.8. The van der Waals surface area contributed by atoms with Crippen molar-refractivity contribution in [3.63, 3.8) is 0 Å². The molecule has 0 bridgehead atoms. The van der Waals surface area contributed by atoms with Gasteiger partial charge in [-0.25, -0.2) is 14.4 Å². The summed E-state index contributed by atoms with van der Waals surface area (Å²) < 4.78 is 118. The summed E-state index contributed by atoms with van der Waals surface area (Å²) in [6.07, 6.45) is -17.8. The lowest BCUT2D eigenvalue weighted by molar-refractivity contribution is -0.208. The lowest BCUT2D eigenvalue weighted by atomic mass is 10.7. The smallest absolute Gasteiger partial charge is 0.445 e. The highest BCUT2D eigenvalue weighted by Gasteiger charge is 2.61. The second-order valence-electron chi connectivity index (χ2n) is 3.47. The van der Waals surface area contributed by atoms with E-state index in [9.17, 15) is 53.9 Å². The molecule has 0 aromatic rings. The Kier molecular flexibility index (Phi) is 6.06. The number of hydrogen-bond donors (Lipinski definition) is 0. The van der Waals surface area contributed by atoms with Gasteiger partial charge in [-0.1, -0.05) is 6.58 Å². The summed E-state index contributed by atoms with van der Waals surface area (Å²) in [5.41, 5.74) is -0.371. The van der Waals surface area contributed by atoms with E-state index in [1.54, 1.807) is 0 Å². The molecule has 0 spiro atoms. The van der Waals surface area contributed by atoms with Crippen molar-refractivity contribution in [2.75, 3.05) is 0 Å². The van der Waals surface area contributed by atoms with Gasteiger partial charge in [0.1, 0.15) is 0 Å². The summed E-state index contributed by atoms with van der Waals surface area (Å²) in [5.74, 6) is -10.1. The molecule has 0 amide bonds. The van der Waals surface area contributed by atoms with E-state index in [0.717, 1.165) is 0 Å². The van der Waals surface area contributed by atoms with Crippen LogP contribution in [-0.4, -0.2) is 45.2 Å². The third kappa shape index (κ3) is 6.09. The Bertz CT molecular complexity index is 464. The summed E-state index contributed by atoms with van der Waals surface area (Å²) in [6.45, 7) is 2.47. The van der Waals surface area contributed by atoms with Gasteiger partial charge in [-0.05, 0) is 0 Å². The Morgan fingerprint density at radius 3 is 1.00 bits per heavy atom. The van der Waals surface area contributed by atoms with Crippen LogP contribution in [0.3, 0.4) is 0 Å². The number of hydrogen-bond acceptors (Lipinski definition) is 6. The van der Waals surface area contributed by atoms with Crippen LogP contribution in [0.2, 0.25) is 0 Å². The highest BCUT2D eigenvalue weighted by molar-refractivity contribution is 6.70. The Morgan fingerprint density at radius 2 is 0.875 bits per heavy atom. The van der Waals surface area contributed by atoms with E-state index in [0.29, 0.717) is 0 Å². The van der Waals surface area contributed by atoms with Crippen molar-refractivity contribution in [2.24, 2.45) is 0 Å². The lowest BCUT2D eigenvalue weighted by Gasteiger charge is -2.25. The predicted molar refractivity (Wildman–Crippen MR) is 52.4 cm³/mol. The van der Waals surface area contributed by atoms with E-state index in [1.807, 2.05) is 0 Å². The first-order valence-electron chi connectivity index (χ1n) is 4.98. The highest BCUT2D eigenvalue weighted by atomic mass is 28.4. The number of alkyl halides is 9. The summed E-state index contributed by atoms with van der Waals surface area (Å²) in [6, 6.07) is 0. The lowest BCUT2D eigenvalue weighted by Crippen LogP contribution is -2.54. The molecule has 0 atom stereocenters. The third-order valence-electron chi connectivity index (χ3n) is 1.65. The molecule has 0 rings (SSSR count). The molecule has 0 fully saturated rings. The average Bonchev–Trinajstić information content (AvgIpc) is 2.34. The fraction of sp³-hybridized carbons (Fsp3) is 0.375. The predicted octanol–water partition coefficient (Wildman–Crippen LogP) is 1.97. The van der Waals surface area contributed by atoms with Crippen LogP contribution in [0.15, 0.2) is 12.3 Å². The maximum Gasteiger partial charge on any atom is 0.735 e. The Balaban J connectivity index is 5.77. The standard InChI is InChI=1S/C8H3F9O6Si/c1-2-24(21-3(18)6(9,10)11,22-4(19)7(12,13)14)23-5(20)8(15,16)17/h2H,1H2. The fourth-order valence-electron chi connectivity index (χ4n) is 0.749. The Hall–Kier alpha value is -2.26. The largest absolute Gasteiger partial charge is 0.735 e. The van der Waals surface area contributed by atoms with Crippen molar-refractivity contribution < 1.29 is 67.2 Å². The zero-order chi connectivity index (χ0) is 19.6. The molecule has 0 aromatic carbocycles. The quantitative estimate of drug-likeness (QED) is 0.536. The van der Waals surface area contributed by atoms with Crippen LogP contribution in [0.25, 0.3) is 0 Å². The highest BCUT2D eigenvalue weighted by Crippen LogP contribution is 2.27. The maximum absolute atomic E-state index is 12.0. The van der Waals surface area contributed by atoms with E-state index < -0.39 is 45.2 Å². The number of halogens is 9. The first-order valence-corrected chi connectivity index (χ1v) is 6.79. The minimum absolute atomic E-state index is 0.371. The molecule has 0 aliphatic heterocycles. The molecule has 0 saturated heterocycles. The zero-order valence-electron chi connectivity index (χ0n) is 10.6. The minimum atomic E-state index is -6.23. The zero-order valence-corrected chi connectivity index (χ0v) is 11.6.